The molecule has 1 aromatic rings. The van der Waals surface area contributed by atoms with Crippen LogP contribution < -0.4 is 11.0 Å². The maximum Gasteiger partial charge on any atom is 0.496 e. The Balaban J connectivity index is 2.08. The zero-order chi connectivity index (χ0) is 15.4. The number of fused-ring (bicyclic) bond motifs is 1. The van der Waals surface area contributed by atoms with Gasteiger partial charge in [0.25, 0.3) is 5.56 Å². The summed E-state index contributed by atoms with van der Waals surface area (Å²) in [6.45, 7) is 8.23. The summed E-state index contributed by atoms with van der Waals surface area (Å²) in [6.07, 6.45) is 5.94. The molecule has 0 saturated carbocycles. The maximum atomic E-state index is 12.3. The molecule has 2 heterocycles. The van der Waals surface area contributed by atoms with E-state index in [-0.39, 0.29) is 23.9 Å². The maximum absolute atomic E-state index is 12.3. The van der Waals surface area contributed by atoms with E-state index in [1.807, 2.05) is 13.2 Å². The topological polar surface area (TPSA) is 40.5 Å². The summed E-state index contributed by atoms with van der Waals surface area (Å²) in [5.41, 5.74) is 2.57. The van der Waals surface area contributed by atoms with Crippen molar-refractivity contribution in [2.75, 3.05) is 0 Å². The first kappa shape index (κ1) is 14.9. The molecular weight excluding hydrogens is 265 g/mol. The molecule has 1 aliphatic carbocycles. The highest BCUT2D eigenvalue weighted by Gasteiger charge is 2.52. The molecule has 0 atom stereocenters. The van der Waals surface area contributed by atoms with Gasteiger partial charge in [0, 0.05) is 24.3 Å². The molecule has 1 aliphatic heterocycles. The fraction of sp³-hybridized carbons (Fsp3) is 0.688. The van der Waals surface area contributed by atoms with Gasteiger partial charge in [-0.15, -0.1) is 0 Å². The van der Waals surface area contributed by atoms with E-state index >= 15 is 0 Å². The van der Waals surface area contributed by atoms with E-state index in [4.69, 9.17) is 9.31 Å². The Morgan fingerprint density at radius 1 is 1.05 bits per heavy atom. The largest absolute Gasteiger partial charge is 0.496 e. The lowest BCUT2D eigenvalue weighted by Crippen LogP contribution is -2.42. The molecule has 21 heavy (non-hydrogen) atoms. The van der Waals surface area contributed by atoms with Crippen molar-refractivity contribution in [2.24, 2.45) is 7.05 Å². The van der Waals surface area contributed by atoms with E-state index in [9.17, 15) is 4.79 Å². The number of pyridine rings is 1. The smallest absolute Gasteiger partial charge is 0.399 e. The third-order valence-electron chi connectivity index (χ3n) is 5.23. The number of hydrogen-bond acceptors (Lipinski definition) is 3. The van der Waals surface area contributed by atoms with Crippen LogP contribution in [-0.4, -0.2) is 22.9 Å². The predicted molar refractivity (Wildman–Crippen MR) is 84.0 cm³/mol. The van der Waals surface area contributed by atoms with E-state index in [1.165, 1.54) is 0 Å². The number of aryl methyl sites for hydroxylation is 1. The second-order valence-corrected chi connectivity index (χ2v) is 7.25. The van der Waals surface area contributed by atoms with Gasteiger partial charge in [-0.1, -0.05) is 0 Å². The molecule has 0 amide bonds. The third-order valence-corrected chi connectivity index (χ3v) is 5.23. The first-order chi connectivity index (χ1) is 9.73. The molecule has 1 saturated heterocycles. The Morgan fingerprint density at radius 3 is 2.14 bits per heavy atom. The minimum absolute atomic E-state index is 0.130. The zero-order valence-corrected chi connectivity index (χ0v) is 13.7. The number of aromatic nitrogens is 1. The van der Waals surface area contributed by atoms with Crippen molar-refractivity contribution < 1.29 is 9.31 Å². The summed E-state index contributed by atoms with van der Waals surface area (Å²) < 4.78 is 14.0. The van der Waals surface area contributed by atoms with Crippen LogP contribution in [0.4, 0.5) is 0 Å². The van der Waals surface area contributed by atoms with E-state index in [2.05, 4.69) is 27.7 Å². The van der Waals surface area contributed by atoms with Crippen molar-refractivity contribution in [3.63, 3.8) is 0 Å². The van der Waals surface area contributed by atoms with Crippen LogP contribution in [0, 0.1) is 0 Å². The lowest BCUT2D eigenvalue weighted by atomic mass is 9.73. The molecule has 5 heteroatoms. The van der Waals surface area contributed by atoms with Crippen LogP contribution in [-0.2, 0) is 29.2 Å². The summed E-state index contributed by atoms with van der Waals surface area (Å²) >= 11 is 0. The number of rotatable bonds is 1. The van der Waals surface area contributed by atoms with Crippen molar-refractivity contribution in [3.8, 4) is 0 Å². The van der Waals surface area contributed by atoms with Gasteiger partial charge >= 0.3 is 7.12 Å². The minimum atomic E-state index is -0.381. The Bertz CT molecular complexity index is 617. The highest BCUT2D eigenvalue weighted by molar-refractivity contribution is 6.62. The van der Waals surface area contributed by atoms with E-state index in [0.717, 1.165) is 42.3 Å². The first-order valence-corrected chi connectivity index (χ1v) is 7.80. The first-order valence-electron chi connectivity index (χ1n) is 7.80. The fourth-order valence-electron chi connectivity index (χ4n) is 3.19. The second-order valence-electron chi connectivity index (χ2n) is 7.25. The van der Waals surface area contributed by atoms with Crippen molar-refractivity contribution in [3.05, 3.63) is 27.7 Å². The molecule has 3 rings (SSSR count). The highest BCUT2D eigenvalue weighted by atomic mass is 16.7. The standard InChI is InChI=1S/C16H24BNO3/c1-15(2)16(3,4)21-17(20-15)13-10-18(5)14(19)12-9-7-6-8-11(12)13/h10H,6-9H2,1-5H3. The van der Waals surface area contributed by atoms with Crippen LogP contribution in [0.1, 0.15) is 51.7 Å². The van der Waals surface area contributed by atoms with Crippen LogP contribution in [0.3, 0.4) is 0 Å². The number of nitrogens with zero attached hydrogens (tertiary/aromatic N) is 1. The van der Waals surface area contributed by atoms with Crippen LogP contribution in [0.15, 0.2) is 11.0 Å². The van der Waals surface area contributed by atoms with Gasteiger partial charge in [0.15, 0.2) is 0 Å². The van der Waals surface area contributed by atoms with Crippen molar-refractivity contribution >= 4 is 12.6 Å². The van der Waals surface area contributed by atoms with Crippen molar-refractivity contribution in [1.29, 1.82) is 0 Å². The molecule has 4 nitrogen and oxygen atoms in total. The monoisotopic (exact) mass is 289 g/mol. The summed E-state index contributed by atoms with van der Waals surface area (Å²) in [5, 5.41) is 0. The van der Waals surface area contributed by atoms with Gasteiger partial charge in [0.2, 0.25) is 0 Å². The molecule has 0 N–H and O–H groups in total. The van der Waals surface area contributed by atoms with Gasteiger partial charge in [0.05, 0.1) is 11.2 Å². The van der Waals surface area contributed by atoms with E-state index < -0.39 is 0 Å². The highest BCUT2D eigenvalue weighted by Crippen LogP contribution is 2.37. The average molecular weight is 289 g/mol. The molecule has 0 spiro atoms. The molecule has 1 fully saturated rings. The molecule has 2 aliphatic rings. The normalized spacial score (nSPS) is 23.2. The Labute approximate surface area is 126 Å². The molecular formula is C16H24BNO3. The lowest BCUT2D eigenvalue weighted by Gasteiger charge is -2.32. The fourth-order valence-corrected chi connectivity index (χ4v) is 3.19. The number of hydrogen-bond donors (Lipinski definition) is 0. The van der Waals surface area contributed by atoms with Crippen LogP contribution in [0.2, 0.25) is 0 Å². The molecule has 0 unspecified atom stereocenters. The molecule has 1 aromatic heterocycles. The summed E-state index contributed by atoms with van der Waals surface area (Å²) in [4.78, 5) is 12.3. The van der Waals surface area contributed by atoms with Crippen LogP contribution in [0.5, 0.6) is 0 Å². The van der Waals surface area contributed by atoms with Crippen molar-refractivity contribution in [2.45, 2.75) is 64.6 Å². The van der Waals surface area contributed by atoms with Crippen LogP contribution >= 0.6 is 0 Å². The SMILES string of the molecule is Cn1cc(B2OC(C)(C)C(C)(C)O2)c2c(c1=O)CCCC2. The molecule has 0 bridgehead atoms. The quantitative estimate of drug-likeness (QED) is 0.737. The van der Waals surface area contributed by atoms with Gasteiger partial charge in [0.1, 0.15) is 0 Å². The van der Waals surface area contributed by atoms with E-state index in [0.29, 0.717) is 0 Å². The summed E-state index contributed by atoms with van der Waals surface area (Å²) in [7, 11) is 1.43. The molecule has 114 valence electrons. The average Bonchev–Trinajstić information content (AvgIpc) is 2.63. The summed E-state index contributed by atoms with van der Waals surface area (Å²) in [6, 6.07) is 0. The van der Waals surface area contributed by atoms with Gasteiger partial charge in [-0.05, 0) is 58.9 Å². The lowest BCUT2D eigenvalue weighted by molar-refractivity contribution is 0.00578. The molecule has 0 aromatic carbocycles. The van der Waals surface area contributed by atoms with E-state index in [1.54, 1.807) is 4.57 Å². The Morgan fingerprint density at radius 2 is 1.57 bits per heavy atom. The van der Waals surface area contributed by atoms with Crippen molar-refractivity contribution in [1.82, 2.24) is 4.57 Å². The Hall–Kier alpha value is -1.07. The van der Waals surface area contributed by atoms with Crippen LogP contribution in [0.25, 0.3) is 0 Å². The van der Waals surface area contributed by atoms with Gasteiger partial charge in [-0.25, -0.2) is 0 Å². The molecule has 0 radical (unpaired) electrons. The third kappa shape index (κ3) is 2.27. The van der Waals surface area contributed by atoms with Gasteiger partial charge in [-0.2, -0.15) is 0 Å². The van der Waals surface area contributed by atoms with Gasteiger partial charge < -0.3 is 13.9 Å². The van der Waals surface area contributed by atoms with Gasteiger partial charge in [-0.3, -0.25) is 4.79 Å². The predicted octanol–water partition coefficient (Wildman–Crippen LogP) is 1.56. The second kappa shape index (κ2) is 4.72. The Kier molecular flexibility index (Phi) is 3.34. The zero-order valence-electron chi connectivity index (χ0n) is 13.7. The minimum Gasteiger partial charge on any atom is -0.399 e. The summed E-state index contributed by atoms with van der Waals surface area (Å²) in [5.74, 6) is 0.